The molecule has 21 heavy (non-hydrogen) atoms. The van der Waals surface area contributed by atoms with Crippen LogP contribution in [0.2, 0.25) is 0 Å². The molecule has 0 saturated heterocycles. The number of hydrazine groups is 1. The first-order valence-corrected chi connectivity index (χ1v) is 8.16. The lowest BCUT2D eigenvalue weighted by Gasteiger charge is -2.12. The van der Waals surface area contributed by atoms with Gasteiger partial charge in [-0.2, -0.15) is 0 Å². The molecule has 0 aliphatic rings. The fourth-order valence-corrected chi connectivity index (χ4v) is 3.27. The van der Waals surface area contributed by atoms with Gasteiger partial charge in [-0.25, -0.2) is 12.8 Å². The van der Waals surface area contributed by atoms with Crippen LogP contribution in [0.15, 0.2) is 45.8 Å². The lowest BCUT2D eigenvalue weighted by molar-refractivity contribution is 0.601. The molecule has 0 unspecified atom stereocenters. The highest BCUT2D eigenvalue weighted by Crippen LogP contribution is 2.26. The molecule has 2 aromatic rings. The van der Waals surface area contributed by atoms with Crippen molar-refractivity contribution >= 4 is 37.3 Å². The Bertz CT molecular complexity index is 764. The first kappa shape index (κ1) is 15.7. The number of anilines is 2. The minimum absolute atomic E-state index is 0.0595. The van der Waals surface area contributed by atoms with Crippen molar-refractivity contribution < 1.29 is 12.8 Å². The van der Waals surface area contributed by atoms with Gasteiger partial charge in [0.15, 0.2) is 0 Å². The first-order chi connectivity index (χ1) is 9.83. The van der Waals surface area contributed by atoms with Crippen LogP contribution in [-0.2, 0) is 10.0 Å². The Balaban J connectivity index is 2.34. The minimum Gasteiger partial charge on any atom is -0.324 e. The average Bonchev–Trinajstić information content (AvgIpc) is 2.44. The summed E-state index contributed by atoms with van der Waals surface area (Å²) in [5.74, 6) is 4.68. The molecule has 0 aliphatic carbocycles. The molecule has 0 amide bonds. The van der Waals surface area contributed by atoms with E-state index in [1.807, 2.05) is 0 Å². The Labute approximate surface area is 130 Å². The Kier molecular flexibility index (Phi) is 4.50. The molecule has 0 fully saturated rings. The van der Waals surface area contributed by atoms with Gasteiger partial charge in [-0.3, -0.25) is 10.6 Å². The molecule has 0 heterocycles. The third-order valence-corrected chi connectivity index (χ3v) is 4.83. The lowest BCUT2D eigenvalue weighted by Crippen LogP contribution is -2.14. The molecule has 8 heteroatoms. The summed E-state index contributed by atoms with van der Waals surface area (Å²) in [7, 11) is -3.79. The molecule has 0 spiro atoms. The Morgan fingerprint density at radius 2 is 1.81 bits per heavy atom. The van der Waals surface area contributed by atoms with Gasteiger partial charge in [-0.05, 0) is 64.8 Å². The van der Waals surface area contributed by atoms with E-state index in [0.29, 0.717) is 11.3 Å². The number of hydrogen-bond acceptors (Lipinski definition) is 4. The van der Waals surface area contributed by atoms with E-state index in [-0.39, 0.29) is 15.1 Å². The third kappa shape index (κ3) is 3.52. The number of benzene rings is 2. The zero-order valence-corrected chi connectivity index (χ0v) is 13.4. The van der Waals surface area contributed by atoms with Gasteiger partial charge in [0.2, 0.25) is 0 Å². The molecule has 0 aliphatic heterocycles. The first-order valence-electron chi connectivity index (χ1n) is 5.88. The Morgan fingerprint density at radius 1 is 1.19 bits per heavy atom. The normalized spacial score (nSPS) is 11.2. The van der Waals surface area contributed by atoms with Gasteiger partial charge < -0.3 is 5.43 Å². The molecule has 0 bridgehead atoms. The maximum absolute atomic E-state index is 13.5. The smallest absolute Gasteiger partial charge is 0.261 e. The number of nitrogens with one attached hydrogen (secondary N) is 2. The van der Waals surface area contributed by atoms with Crippen molar-refractivity contribution in [2.45, 2.75) is 11.8 Å². The van der Waals surface area contributed by atoms with Crippen molar-refractivity contribution in [1.29, 1.82) is 0 Å². The second-order valence-electron chi connectivity index (χ2n) is 4.36. The van der Waals surface area contributed by atoms with Crippen molar-refractivity contribution in [2.24, 2.45) is 5.84 Å². The van der Waals surface area contributed by atoms with Gasteiger partial charge in [0, 0.05) is 5.69 Å². The summed E-state index contributed by atoms with van der Waals surface area (Å²) in [5, 5.41) is 0. The van der Waals surface area contributed by atoms with Crippen LogP contribution in [0.3, 0.4) is 0 Å². The van der Waals surface area contributed by atoms with Gasteiger partial charge in [0.1, 0.15) is 5.82 Å². The molecular weight excluding hydrogens is 361 g/mol. The van der Waals surface area contributed by atoms with Crippen LogP contribution in [0, 0.1) is 12.7 Å². The van der Waals surface area contributed by atoms with E-state index < -0.39 is 15.8 Å². The van der Waals surface area contributed by atoms with E-state index in [9.17, 15) is 12.8 Å². The highest BCUT2D eigenvalue weighted by molar-refractivity contribution is 9.10. The van der Waals surface area contributed by atoms with Gasteiger partial charge in [-0.15, -0.1) is 0 Å². The van der Waals surface area contributed by atoms with E-state index >= 15 is 0 Å². The fraction of sp³-hybridized carbons (Fsp3) is 0.0769. The Hall–Kier alpha value is -1.64. The van der Waals surface area contributed by atoms with E-state index in [1.54, 1.807) is 6.92 Å². The van der Waals surface area contributed by atoms with Gasteiger partial charge in [0.05, 0.1) is 15.1 Å². The second kappa shape index (κ2) is 6.00. The summed E-state index contributed by atoms with van der Waals surface area (Å²) in [5.41, 5.74) is 3.79. The third-order valence-electron chi connectivity index (χ3n) is 2.84. The molecular formula is C13H13BrFN3O2S. The van der Waals surface area contributed by atoms with Crippen molar-refractivity contribution in [2.75, 3.05) is 10.1 Å². The van der Waals surface area contributed by atoms with Crippen LogP contribution >= 0.6 is 15.9 Å². The maximum Gasteiger partial charge on any atom is 0.261 e. The predicted molar refractivity (Wildman–Crippen MR) is 83.9 cm³/mol. The number of hydrogen-bond donors (Lipinski definition) is 3. The minimum atomic E-state index is -3.79. The topological polar surface area (TPSA) is 84.2 Å². The number of rotatable bonds is 4. The molecule has 2 rings (SSSR count). The van der Waals surface area contributed by atoms with E-state index in [0.717, 1.165) is 6.07 Å². The zero-order valence-electron chi connectivity index (χ0n) is 11.0. The molecule has 2 aromatic carbocycles. The highest BCUT2D eigenvalue weighted by atomic mass is 79.9. The van der Waals surface area contributed by atoms with Crippen LogP contribution in [0.25, 0.3) is 0 Å². The number of nitrogens with two attached hydrogens (primary N) is 1. The lowest BCUT2D eigenvalue weighted by atomic mass is 10.2. The summed E-state index contributed by atoms with van der Waals surface area (Å²) >= 11 is 3.05. The van der Waals surface area contributed by atoms with Crippen LogP contribution in [0.5, 0.6) is 0 Å². The van der Waals surface area contributed by atoms with E-state index in [4.69, 9.17) is 5.84 Å². The zero-order chi connectivity index (χ0) is 15.6. The van der Waals surface area contributed by atoms with E-state index in [1.165, 1.54) is 30.3 Å². The molecule has 5 nitrogen and oxygen atoms in total. The predicted octanol–water partition coefficient (Wildman–Crippen LogP) is 2.98. The monoisotopic (exact) mass is 373 g/mol. The average molecular weight is 374 g/mol. The quantitative estimate of drug-likeness (QED) is 0.568. The number of nitrogen functional groups attached to an aromatic ring is 1. The summed E-state index contributed by atoms with van der Waals surface area (Å²) in [4.78, 5) is 0.0595. The van der Waals surface area contributed by atoms with E-state index in [2.05, 4.69) is 26.1 Å². The van der Waals surface area contributed by atoms with Crippen molar-refractivity contribution in [3.05, 3.63) is 52.3 Å². The largest absolute Gasteiger partial charge is 0.324 e. The molecule has 112 valence electrons. The van der Waals surface area contributed by atoms with Gasteiger partial charge in [0.25, 0.3) is 10.0 Å². The number of halogens is 2. The van der Waals surface area contributed by atoms with Crippen molar-refractivity contribution in [3.63, 3.8) is 0 Å². The molecule has 0 aromatic heterocycles. The number of aryl methyl sites for hydroxylation is 1. The number of sulfonamides is 1. The fourth-order valence-electron chi connectivity index (χ4n) is 1.69. The van der Waals surface area contributed by atoms with Crippen molar-refractivity contribution in [1.82, 2.24) is 0 Å². The van der Waals surface area contributed by atoms with Crippen LogP contribution in [0.1, 0.15) is 5.56 Å². The summed E-state index contributed by atoms with van der Waals surface area (Å²) < 4.78 is 40.7. The van der Waals surface area contributed by atoms with Crippen molar-refractivity contribution in [3.8, 4) is 0 Å². The molecule has 0 atom stereocenters. The summed E-state index contributed by atoms with van der Waals surface area (Å²) in [6.45, 7) is 1.68. The SMILES string of the molecule is Cc1cc(Br)c(F)cc1NS(=O)(=O)c1ccc(NN)cc1. The Morgan fingerprint density at radius 3 is 2.38 bits per heavy atom. The summed E-state index contributed by atoms with van der Waals surface area (Å²) in [6.07, 6.45) is 0. The van der Waals surface area contributed by atoms with Gasteiger partial charge >= 0.3 is 0 Å². The standard InChI is InChI=1S/C13H13BrFN3O2S/c1-8-6-11(14)12(15)7-13(8)18-21(19,20)10-4-2-9(17-16)3-5-10/h2-7,17-18H,16H2,1H3. The maximum atomic E-state index is 13.5. The molecule has 0 saturated carbocycles. The van der Waals surface area contributed by atoms with Gasteiger partial charge in [-0.1, -0.05) is 0 Å². The van der Waals surface area contributed by atoms with Crippen LogP contribution < -0.4 is 16.0 Å². The van der Waals surface area contributed by atoms with Crippen LogP contribution in [0.4, 0.5) is 15.8 Å². The van der Waals surface area contributed by atoms with Crippen LogP contribution in [-0.4, -0.2) is 8.42 Å². The molecule has 4 N–H and O–H groups in total. The second-order valence-corrected chi connectivity index (χ2v) is 6.89. The summed E-state index contributed by atoms with van der Waals surface area (Å²) in [6, 6.07) is 8.51. The highest BCUT2D eigenvalue weighted by Gasteiger charge is 2.16. The molecule has 0 radical (unpaired) electrons.